The van der Waals surface area contributed by atoms with Crippen LogP contribution in [0.15, 0.2) is 0 Å². The molecule has 2 heteroatoms. The average molecular weight is 212 g/mol. The molecule has 0 aromatic heterocycles. The second-order valence-electron chi connectivity index (χ2n) is 5.21. The van der Waals surface area contributed by atoms with Crippen LogP contribution in [0, 0.1) is 5.92 Å². The molecule has 0 radical (unpaired) electrons. The monoisotopic (exact) mass is 212 g/mol. The number of likely N-dealkylation sites (tertiary alicyclic amines) is 1. The van der Waals surface area contributed by atoms with Crippen LogP contribution in [0.3, 0.4) is 0 Å². The Morgan fingerprint density at radius 2 is 2.13 bits per heavy atom. The van der Waals surface area contributed by atoms with Gasteiger partial charge in [0.2, 0.25) is 0 Å². The summed E-state index contributed by atoms with van der Waals surface area (Å²) < 4.78 is 0. The van der Waals surface area contributed by atoms with Crippen LogP contribution in [0.5, 0.6) is 0 Å². The van der Waals surface area contributed by atoms with E-state index >= 15 is 0 Å². The summed E-state index contributed by atoms with van der Waals surface area (Å²) in [6, 6.07) is 1.66. The predicted molar refractivity (Wildman–Crippen MR) is 66.9 cm³/mol. The highest BCUT2D eigenvalue weighted by atomic mass is 15.2. The molecule has 1 saturated heterocycles. The van der Waals surface area contributed by atoms with Crippen molar-refractivity contribution >= 4 is 0 Å². The van der Waals surface area contributed by atoms with Crippen LogP contribution in [0.2, 0.25) is 0 Å². The van der Waals surface area contributed by atoms with Gasteiger partial charge < -0.3 is 5.73 Å². The van der Waals surface area contributed by atoms with Crippen LogP contribution in [-0.4, -0.2) is 30.1 Å². The molecule has 90 valence electrons. The summed E-state index contributed by atoms with van der Waals surface area (Å²) in [5.74, 6) is 0.697. The summed E-state index contributed by atoms with van der Waals surface area (Å²) in [6.45, 7) is 9.07. The zero-order valence-electron chi connectivity index (χ0n) is 10.7. The molecule has 1 heterocycles. The fourth-order valence-electron chi connectivity index (χ4n) is 2.71. The molecule has 0 aliphatic carbocycles. The molecule has 1 aliphatic rings. The molecule has 2 N–H and O–H groups in total. The highest BCUT2D eigenvalue weighted by Gasteiger charge is 2.28. The Morgan fingerprint density at radius 3 is 2.73 bits per heavy atom. The van der Waals surface area contributed by atoms with Crippen molar-refractivity contribution in [1.29, 1.82) is 0 Å². The lowest BCUT2D eigenvalue weighted by Crippen LogP contribution is -2.35. The lowest BCUT2D eigenvalue weighted by Gasteiger charge is -2.28. The molecule has 15 heavy (non-hydrogen) atoms. The lowest BCUT2D eigenvalue weighted by molar-refractivity contribution is 0.191. The zero-order valence-corrected chi connectivity index (χ0v) is 10.7. The highest BCUT2D eigenvalue weighted by Crippen LogP contribution is 2.26. The molecule has 0 amide bonds. The Labute approximate surface area is 95.2 Å². The number of rotatable bonds is 6. The van der Waals surface area contributed by atoms with E-state index < -0.39 is 0 Å². The van der Waals surface area contributed by atoms with Gasteiger partial charge in [-0.05, 0) is 58.0 Å². The molecule has 0 spiro atoms. The molecule has 3 atom stereocenters. The van der Waals surface area contributed by atoms with E-state index in [9.17, 15) is 0 Å². The Kier molecular flexibility index (Phi) is 5.62. The molecule has 0 aromatic rings. The van der Waals surface area contributed by atoms with E-state index in [4.69, 9.17) is 5.73 Å². The van der Waals surface area contributed by atoms with Crippen molar-refractivity contribution in [2.75, 3.05) is 13.1 Å². The van der Waals surface area contributed by atoms with Gasteiger partial charge in [-0.1, -0.05) is 13.8 Å². The van der Waals surface area contributed by atoms with Gasteiger partial charge in [-0.25, -0.2) is 0 Å². The van der Waals surface area contributed by atoms with E-state index in [-0.39, 0.29) is 0 Å². The molecular formula is C13H28N2. The van der Waals surface area contributed by atoms with Crippen molar-refractivity contribution in [3.8, 4) is 0 Å². The van der Waals surface area contributed by atoms with Gasteiger partial charge in [0, 0.05) is 12.1 Å². The van der Waals surface area contributed by atoms with Crippen molar-refractivity contribution in [1.82, 2.24) is 4.90 Å². The number of nitrogens with two attached hydrogens (primary N) is 1. The SMILES string of the molecule is CCC1CCC(C)N1CCCC(C)CN. The first kappa shape index (κ1) is 13.0. The lowest BCUT2D eigenvalue weighted by atomic mass is 10.1. The Bertz CT molecular complexity index is 170. The summed E-state index contributed by atoms with van der Waals surface area (Å²) in [5.41, 5.74) is 5.63. The van der Waals surface area contributed by atoms with Crippen LogP contribution >= 0.6 is 0 Å². The van der Waals surface area contributed by atoms with Gasteiger partial charge in [-0.3, -0.25) is 4.90 Å². The summed E-state index contributed by atoms with van der Waals surface area (Å²) in [6.07, 6.45) is 6.72. The maximum absolute atomic E-state index is 5.63. The van der Waals surface area contributed by atoms with E-state index in [2.05, 4.69) is 25.7 Å². The van der Waals surface area contributed by atoms with Crippen LogP contribution in [-0.2, 0) is 0 Å². The normalized spacial score (nSPS) is 29.6. The van der Waals surface area contributed by atoms with Gasteiger partial charge >= 0.3 is 0 Å². The quantitative estimate of drug-likeness (QED) is 0.733. The molecule has 0 saturated carbocycles. The molecule has 0 aromatic carbocycles. The number of hydrogen-bond donors (Lipinski definition) is 1. The number of nitrogens with zero attached hydrogens (tertiary/aromatic N) is 1. The van der Waals surface area contributed by atoms with Crippen LogP contribution in [0.25, 0.3) is 0 Å². The van der Waals surface area contributed by atoms with Crippen molar-refractivity contribution in [3.63, 3.8) is 0 Å². The molecule has 1 rings (SSSR count). The largest absolute Gasteiger partial charge is 0.330 e. The van der Waals surface area contributed by atoms with E-state index in [1.54, 1.807) is 0 Å². The molecule has 2 nitrogen and oxygen atoms in total. The summed E-state index contributed by atoms with van der Waals surface area (Å²) in [4.78, 5) is 2.71. The van der Waals surface area contributed by atoms with Gasteiger partial charge in [0.25, 0.3) is 0 Å². The highest BCUT2D eigenvalue weighted by molar-refractivity contribution is 4.84. The standard InChI is InChI=1S/C13H28N2/c1-4-13-8-7-12(3)15(13)9-5-6-11(2)10-14/h11-13H,4-10,14H2,1-3H3. The molecule has 1 fully saturated rings. The zero-order chi connectivity index (χ0) is 11.3. The van der Waals surface area contributed by atoms with E-state index in [0.29, 0.717) is 5.92 Å². The van der Waals surface area contributed by atoms with Crippen LogP contribution < -0.4 is 5.73 Å². The van der Waals surface area contributed by atoms with Gasteiger partial charge in [-0.15, -0.1) is 0 Å². The van der Waals surface area contributed by atoms with Crippen molar-refractivity contribution in [2.24, 2.45) is 11.7 Å². The van der Waals surface area contributed by atoms with Gasteiger partial charge in [0.1, 0.15) is 0 Å². The topological polar surface area (TPSA) is 29.3 Å². The maximum Gasteiger partial charge on any atom is 0.00960 e. The van der Waals surface area contributed by atoms with Crippen LogP contribution in [0.1, 0.15) is 52.9 Å². The minimum absolute atomic E-state index is 0.697. The predicted octanol–water partition coefficient (Wildman–Crippen LogP) is 2.62. The Morgan fingerprint density at radius 1 is 1.40 bits per heavy atom. The first-order valence-corrected chi connectivity index (χ1v) is 6.64. The minimum Gasteiger partial charge on any atom is -0.330 e. The Balaban J connectivity index is 2.24. The molecular weight excluding hydrogens is 184 g/mol. The fraction of sp³-hybridized carbons (Fsp3) is 1.00. The second kappa shape index (κ2) is 6.49. The molecule has 1 aliphatic heterocycles. The fourth-order valence-corrected chi connectivity index (χ4v) is 2.71. The molecule has 0 bridgehead atoms. The third-order valence-electron chi connectivity index (χ3n) is 3.94. The third kappa shape index (κ3) is 3.76. The van der Waals surface area contributed by atoms with E-state index in [1.807, 2.05) is 0 Å². The average Bonchev–Trinajstić information content (AvgIpc) is 2.60. The van der Waals surface area contributed by atoms with Gasteiger partial charge in [0.05, 0.1) is 0 Å². The molecule has 3 unspecified atom stereocenters. The number of hydrogen-bond acceptors (Lipinski definition) is 2. The van der Waals surface area contributed by atoms with Crippen LogP contribution in [0.4, 0.5) is 0 Å². The maximum atomic E-state index is 5.63. The summed E-state index contributed by atoms with van der Waals surface area (Å²) in [5, 5.41) is 0. The van der Waals surface area contributed by atoms with E-state index in [1.165, 1.54) is 38.6 Å². The smallest absolute Gasteiger partial charge is 0.00960 e. The second-order valence-corrected chi connectivity index (χ2v) is 5.21. The third-order valence-corrected chi connectivity index (χ3v) is 3.94. The van der Waals surface area contributed by atoms with Gasteiger partial charge in [0.15, 0.2) is 0 Å². The van der Waals surface area contributed by atoms with Gasteiger partial charge in [-0.2, -0.15) is 0 Å². The summed E-state index contributed by atoms with van der Waals surface area (Å²) >= 11 is 0. The van der Waals surface area contributed by atoms with Crippen molar-refractivity contribution in [2.45, 2.75) is 65.0 Å². The van der Waals surface area contributed by atoms with Crippen molar-refractivity contribution < 1.29 is 0 Å². The minimum atomic E-state index is 0.697. The summed E-state index contributed by atoms with van der Waals surface area (Å²) in [7, 11) is 0. The first-order chi connectivity index (χ1) is 7.19. The van der Waals surface area contributed by atoms with Crippen molar-refractivity contribution in [3.05, 3.63) is 0 Å². The first-order valence-electron chi connectivity index (χ1n) is 6.64. The van der Waals surface area contributed by atoms with E-state index in [0.717, 1.165) is 18.6 Å². The Hall–Kier alpha value is -0.0800.